The highest BCUT2D eigenvalue weighted by molar-refractivity contribution is 5.99. The van der Waals surface area contributed by atoms with Crippen molar-refractivity contribution >= 4 is 5.84 Å². The molecule has 1 aromatic carbocycles. The minimum absolute atomic E-state index is 0.0877. The molecule has 0 aliphatic heterocycles. The van der Waals surface area contributed by atoms with Gasteiger partial charge in [-0.2, -0.15) is 0 Å². The quantitative estimate of drug-likeness (QED) is 0.248. The lowest BCUT2D eigenvalue weighted by atomic mass is 10.1. The molecule has 1 rings (SSSR count). The summed E-state index contributed by atoms with van der Waals surface area (Å²) in [6, 6.07) is 5.69. The highest BCUT2D eigenvalue weighted by atomic mass is 16.5. The number of rotatable bonds is 8. The highest BCUT2D eigenvalue weighted by Crippen LogP contribution is 2.20. The standard InChI is InChI=1S/C15H24N2O2/c1-3-4-5-6-7-10-19-14-9-8-12(2)11-13(14)15(16)17-18/h8-9,11,18H,3-7,10H2,1-2H3,(H2,16,17). The van der Waals surface area contributed by atoms with Gasteiger partial charge in [-0.15, -0.1) is 0 Å². The SMILES string of the molecule is CCCCCCCOc1ccc(C)cc1/C(N)=N/O. The summed E-state index contributed by atoms with van der Waals surface area (Å²) in [4.78, 5) is 0. The third kappa shape index (κ3) is 5.20. The van der Waals surface area contributed by atoms with Gasteiger partial charge in [0.05, 0.1) is 12.2 Å². The number of oxime groups is 1. The molecule has 0 amide bonds. The van der Waals surface area contributed by atoms with Gasteiger partial charge >= 0.3 is 0 Å². The normalized spacial score (nSPS) is 11.6. The van der Waals surface area contributed by atoms with E-state index in [9.17, 15) is 0 Å². The van der Waals surface area contributed by atoms with Crippen molar-refractivity contribution in [1.82, 2.24) is 0 Å². The summed E-state index contributed by atoms with van der Waals surface area (Å²) < 4.78 is 5.72. The van der Waals surface area contributed by atoms with E-state index in [2.05, 4.69) is 12.1 Å². The van der Waals surface area contributed by atoms with Crippen molar-refractivity contribution < 1.29 is 9.94 Å². The van der Waals surface area contributed by atoms with E-state index in [0.29, 0.717) is 17.9 Å². The fourth-order valence-corrected chi connectivity index (χ4v) is 1.91. The van der Waals surface area contributed by atoms with Gasteiger partial charge in [-0.25, -0.2) is 0 Å². The molecular weight excluding hydrogens is 240 g/mol. The number of hydrogen-bond donors (Lipinski definition) is 2. The van der Waals surface area contributed by atoms with Gasteiger partial charge < -0.3 is 15.7 Å². The lowest BCUT2D eigenvalue weighted by Gasteiger charge is -2.11. The summed E-state index contributed by atoms with van der Waals surface area (Å²) in [5.74, 6) is 0.765. The van der Waals surface area contributed by atoms with Gasteiger partial charge in [0.25, 0.3) is 0 Å². The van der Waals surface area contributed by atoms with Crippen LogP contribution in [0.1, 0.15) is 50.2 Å². The molecule has 106 valence electrons. The third-order valence-electron chi connectivity index (χ3n) is 3.02. The van der Waals surface area contributed by atoms with Crippen LogP contribution in [-0.4, -0.2) is 17.6 Å². The second-order valence-electron chi connectivity index (χ2n) is 4.75. The Hall–Kier alpha value is -1.71. The van der Waals surface area contributed by atoms with Crippen molar-refractivity contribution in [3.05, 3.63) is 29.3 Å². The zero-order valence-electron chi connectivity index (χ0n) is 11.9. The minimum Gasteiger partial charge on any atom is -0.493 e. The maximum absolute atomic E-state index is 8.78. The first-order valence-corrected chi connectivity index (χ1v) is 6.90. The second-order valence-corrected chi connectivity index (χ2v) is 4.75. The monoisotopic (exact) mass is 264 g/mol. The van der Waals surface area contributed by atoms with Crippen LogP contribution < -0.4 is 10.5 Å². The van der Waals surface area contributed by atoms with E-state index in [1.807, 2.05) is 25.1 Å². The van der Waals surface area contributed by atoms with Gasteiger partial charge in [-0.05, 0) is 25.5 Å². The van der Waals surface area contributed by atoms with Crippen molar-refractivity contribution in [1.29, 1.82) is 0 Å². The van der Waals surface area contributed by atoms with E-state index >= 15 is 0 Å². The number of amidine groups is 1. The van der Waals surface area contributed by atoms with Crippen LogP contribution >= 0.6 is 0 Å². The van der Waals surface area contributed by atoms with Crippen molar-refractivity contribution in [2.24, 2.45) is 10.9 Å². The molecule has 3 N–H and O–H groups in total. The average Bonchev–Trinajstić information content (AvgIpc) is 2.43. The van der Waals surface area contributed by atoms with Gasteiger partial charge in [0.15, 0.2) is 5.84 Å². The third-order valence-corrected chi connectivity index (χ3v) is 3.02. The molecule has 0 aliphatic rings. The van der Waals surface area contributed by atoms with Crippen molar-refractivity contribution in [3.63, 3.8) is 0 Å². The molecule has 4 nitrogen and oxygen atoms in total. The molecular formula is C15H24N2O2. The van der Waals surface area contributed by atoms with Crippen LogP contribution in [-0.2, 0) is 0 Å². The number of nitrogens with two attached hydrogens (primary N) is 1. The topological polar surface area (TPSA) is 67.8 Å². The predicted octanol–water partition coefficient (Wildman–Crippen LogP) is 3.44. The Kier molecular flexibility index (Phi) is 6.79. The average molecular weight is 264 g/mol. The second kappa shape index (κ2) is 8.40. The van der Waals surface area contributed by atoms with Crippen LogP contribution in [0, 0.1) is 6.92 Å². The van der Waals surface area contributed by atoms with Crippen LogP contribution in [0.25, 0.3) is 0 Å². The molecule has 0 bridgehead atoms. The largest absolute Gasteiger partial charge is 0.493 e. The van der Waals surface area contributed by atoms with E-state index in [4.69, 9.17) is 15.7 Å². The number of hydrogen-bond acceptors (Lipinski definition) is 3. The van der Waals surface area contributed by atoms with Crippen LogP contribution in [0.5, 0.6) is 5.75 Å². The zero-order valence-corrected chi connectivity index (χ0v) is 11.9. The summed E-state index contributed by atoms with van der Waals surface area (Å²) in [6.45, 7) is 4.83. The lowest BCUT2D eigenvalue weighted by molar-refractivity contribution is 0.302. The van der Waals surface area contributed by atoms with Crippen LogP contribution in [0.15, 0.2) is 23.4 Å². The van der Waals surface area contributed by atoms with E-state index in [-0.39, 0.29) is 5.84 Å². The van der Waals surface area contributed by atoms with Gasteiger partial charge in [0.1, 0.15) is 5.75 Å². The summed E-state index contributed by atoms with van der Waals surface area (Å²) in [5, 5.41) is 11.8. The number of nitrogens with zero attached hydrogens (tertiary/aromatic N) is 1. The molecule has 19 heavy (non-hydrogen) atoms. The number of ether oxygens (including phenoxy) is 1. The molecule has 0 saturated carbocycles. The van der Waals surface area contributed by atoms with E-state index < -0.39 is 0 Å². The Morgan fingerprint density at radius 2 is 2.00 bits per heavy atom. The molecule has 0 atom stereocenters. The molecule has 0 aliphatic carbocycles. The van der Waals surface area contributed by atoms with Crippen LogP contribution in [0.3, 0.4) is 0 Å². The predicted molar refractivity (Wildman–Crippen MR) is 77.9 cm³/mol. The first kappa shape index (κ1) is 15.3. The van der Waals surface area contributed by atoms with Gasteiger partial charge in [-0.3, -0.25) is 0 Å². The van der Waals surface area contributed by atoms with Gasteiger partial charge in [0, 0.05) is 0 Å². The van der Waals surface area contributed by atoms with E-state index in [1.165, 1.54) is 25.7 Å². The minimum atomic E-state index is 0.0877. The summed E-state index contributed by atoms with van der Waals surface area (Å²) in [6.07, 6.45) is 5.98. The van der Waals surface area contributed by atoms with Crippen molar-refractivity contribution in [2.45, 2.75) is 46.0 Å². The lowest BCUT2D eigenvalue weighted by Crippen LogP contribution is -2.15. The first-order valence-electron chi connectivity index (χ1n) is 6.90. The maximum atomic E-state index is 8.78. The van der Waals surface area contributed by atoms with E-state index in [1.54, 1.807) is 0 Å². The van der Waals surface area contributed by atoms with Gasteiger partial charge in [0.2, 0.25) is 0 Å². The number of aryl methyl sites for hydroxylation is 1. The summed E-state index contributed by atoms with van der Waals surface area (Å²) >= 11 is 0. The maximum Gasteiger partial charge on any atom is 0.173 e. The smallest absolute Gasteiger partial charge is 0.173 e. The zero-order chi connectivity index (χ0) is 14.1. The van der Waals surface area contributed by atoms with Crippen molar-refractivity contribution in [2.75, 3.05) is 6.61 Å². The van der Waals surface area contributed by atoms with E-state index in [0.717, 1.165) is 12.0 Å². The number of benzene rings is 1. The first-order chi connectivity index (χ1) is 9.19. The molecule has 0 heterocycles. The molecule has 0 radical (unpaired) electrons. The highest BCUT2D eigenvalue weighted by Gasteiger charge is 2.08. The van der Waals surface area contributed by atoms with Crippen LogP contribution in [0.4, 0.5) is 0 Å². The fourth-order valence-electron chi connectivity index (χ4n) is 1.91. The molecule has 4 heteroatoms. The Balaban J connectivity index is 2.53. The molecule has 1 aromatic rings. The fraction of sp³-hybridized carbons (Fsp3) is 0.533. The summed E-state index contributed by atoms with van der Waals surface area (Å²) in [5.41, 5.74) is 7.36. The Morgan fingerprint density at radius 1 is 1.26 bits per heavy atom. The molecule has 0 fully saturated rings. The Bertz CT molecular complexity index is 417. The molecule has 0 spiro atoms. The number of unbranched alkanes of at least 4 members (excludes halogenated alkanes) is 4. The molecule has 0 saturated heterocycles. The van der Waals surface area contributed by atoms with Crippen LogP contribution in [0.2, 0.25) is 0 Å². The van der Waals surface area contributed by atoms with Crippen molar-refractivity contribution in [3.8, 4) is 5.75 Å². The Morgan fingerprint density at radius 3 is 2.68 bits per heavy atom. The molecule has 0 aromatic heterocycles. The molecule has 0 unspecified atom stereocenters. The summed E-state index contributed by atoms with van der Waals surface area (Å²) in [7, 11) is 0. The Labute approximate surface area is 115 Å². The van der Waals surface area contributed by atoms with Gasteiger partial charge in [-0.1, -0.05) is 49.4 Å².